The molecule has 1 aliphatic rings. The van der Waals surface area contributed by atoms with Crippen molar-refractivity contribution in [3.63, 3.8) is 0 Å². The smallest absolute Gasteiger partial charge is 0.0254 e. The zero-order chi connectivity index (χ0) is 27.9. The molecule has 0 nitrogen and oxygen atoms in total. The summed E-state index contributed by atoms with van der Waals surface area (Å²) in [4.78, 5) is 0. The number of halogens is 2. The number of hydrogen-bond donors (Lipinski definition) is 0. The van der Waals surface area contributed by atoms with E-state index in [1.165, 1.54) is 87.6 Å². The molecule has 0 aromatic heterocycles. The molecule has 8 aromatic carbocycles. The third-order valence-electron chi connectivity index (χ3n) is 8.89. The molecule has 2 heteroatoms. The van der Waals surface area contributed by atoms with Crippen molar-refractivity contribution in [2.24, 2.45) is 0 Å². The standard InChI is InChI=1S/C40H22Br2/c41-33-19-9-7-17-29(33)36-27-15-5-6-16-28(27)37(30-18-8-10-20-34(30)42)40-32-22-24-12-2-4-14-26(24)35-25-13-3-1-11-23(25)21-31(38(32)35)39(36)40/h1-22H. The topological polar surface area (TPSA) is 0 Å². The van der Waals surface area contributed by atoms with Gasteiger partial charge in [-0.15, -0.1) is 0 Å². The van der Waals surface area contributed by atoms with Crippen molar-refractivity contribution < 1.29 is 0 Å². The van der Waals surface area contributed by atoms with Gasteiger partial charge >= 0.3 is 0 Å². The van der Waals surface area contributed by atoms with E-state index < -0.39 is 0 Å². The Hall–Kier alpha value is -4.24. The molecule has 0 amide bonds. The SMILES string of the molecule is Brc1ccccc1-c1c2c(c(-c3ccccc3Br)c3ccccc13)-c1cc3ccccc3c3c1c-2cc1ccccc13. The molecule has 0 unspecified atom stereocenters. The third kappa shape index (κ3) is 3.28. The van der Waals surface area contributed by atoms with Gasteiger partial charge in [-0.3, -0.25) is 0 Å². The van der Waals surface area contributed by atoms with Crippen LogP contribution in [0, 0.1) is 0 Å². The highest BCUT2D eigenvalue weighted by atomic mass is 79.9. The molecule has 0 spiro atoms. The highest BCUT2D eigenvalue weighted by molar-refractivity contribution is 9.11. The first-order valence-corrected chi connectivity index (χ1v) is 15.8. The van der Waals surface area contributed by atoms with Gasteiger partial charge in [0.2, 0.25) is 0 Å². The van der Waals surface area contributed by atoms with Crippen LogP contribution in [0.15, 0.2) is 142 Å². The van der Waals surface area contributed by atoms with E-state index in [4.69, 9.17) is 0 Å². The molecule has 0 saturated carbocycles. The van der Waals surface area contributed by atoms with Crippen LogP contribution in [-0.2, 0) is 0 Å². The molecule has 0 radical (unpaired) electrons. The van der Waals surface area contributed by atoms with Crippen LogP contribution in [0.5, 0.6) is 0 Å². The molecular formula is C40H22Br2. The average Bonchev–Trinajstić information content (AvgIpc) is 3.34. The summed E-state index contributed by atoms with van der Waals surface area (Å²) in [5, 5.41) is 10.3. The van der Waals surface area contributed by atoms with Gasteiger partial charge in [0, 0.05) is 8.95 Å². The largest absolute Gasteiger partial charge is 0.0616 e. The van der Waals surface area contributed by atoms with Crippen LogP contribution in [0.4, 0.5) is 0 Å². The number of hydrogen-bond acceptors (Lipinski definition) is 0. The van der Waals surface area contributed by atoms with Crippen molar-refractivity contribution in [2.45, 2.75) is 0 Å². The Kier molecular flexibility index (Phi) is 5.30. The van der Waals surface area contributed by atoms with Crippen molar-refractivity contribution in [3.05, 3.63) is 142 Å². The van der Waals surface area contributed by atoms with Crippen LogP contribution in [0.25, 0.3) is 87.6 Å². The van der Waals surface area contributed by atoms with Crippen molar-refractivity contribution in [3.8, 4) is 44.5 Å². The van der Waals surface area contributed by atoms with Crippen molar-refractivity contribution in [2.75, 3.05) is 0 Å². The van der Waals surface area contributed by atoms with Crippen molar-refractivity contribution in [1.82, 2.24) is 0 Å². The minimum absolute atomic E-state index is 1.10. The summed E-state index contributed by atoms with van der Waals surface area (Å²) in [5.41, 5.74) is 10.2. The number of fused-ring (bicyclic) bond motifs is 8. The Labute approximate surface area is 260 Å². The summed E-state index contributed by atoms with van der Waals surface area (Å²) in [6.07, 6.45) is 0. The molecule has 0 fully saturated rings. The Bertz CT molecular complexity index is 2270. The van der Waals surface area contributed by atoms with Crippen LogP contribution < -0.4 is 0 Å². The molecule has 0 saturated heterocycles. The van der Waals surface area contributed by atoms with E-state index in [1.54, 1.807) is 0 Å². The molecule has 1 aliphatic carbocycles. The zero-order valence-electron chi connectivity index (χ0n) is 22.5. The monoisotopic (exact) mass is 660 g/mol. The highest BCUT2D eigenvalue weighted by Crippen LogP contribution is 2.60. The lowest BCUT2D eigenvalue weighted by Gasteiger charge is -2.21. The van der Waals surface area contributed by atoms with Crippen molar-refractivity contribution >= 4 is 74.9 Å². The van der Waals surface area contributed by atoms with E-state index in [1.807, 2.05) is 0 Å². The quantitative estimate of drug-likeness (QED) is 0.162. The third-order valence-corrected chi connectivity index (χ3v) is 10.3. The number of rotatable bonds is 2. The van der Waals surface area contributed by atoms with E-state index in [2.05, 4.69) is 165 Å². The summed E-state index contributed by atoms with van der Waals surface area (Å²) < 4.78 is 2.20. The summed E-state index contributed by atoms with van der Waals surface area (Å²) >= 11 is 7.88. The first kappa shape index (κ1) is 24.4. The first-order chi connectivity index (χ1) is 20.7. The maximum absolute atomic E-state index is 3.94. The van der Waals surface area contributed by atoms with Crippen LogP contribution in [0.2, 0.25) is 0 Å². The fourth-order valence-corrected chi connectivity index (χ4v) is 8.21. The minimum atomic E-state index is 1.10. The average molecular weight is 662 g/mol. The Balaban J connectivity index is 1.62. The van der Waals surface area contributed by atoms with Crippen LogP contribution in [0.1, 0.15) is 0 Å². The summed E-state index contributed by atoms with van der Waals surface area (Å²) in [6.45, 7) is 0. The van der Waals surface area contributed by atoms with Gasteiger partial charge in [0.15, 0.2) is 0 Å². The molecule has 0 heterocycles. The van der Waals surface area contributed by atoms with Gasteiger partial charge in [-0.2, -0.15) is 0 Å². The van der Waals surface area contributed by atoms with Crippen LogP contribution in [0.3, 0.4) is 0 Å². The maximum Gasteiger partial charge on any atom is 0.0254 e. The molecule has 0 aliphatic heterocycles. The zero-order valence-corrected chi connectivity index (χ0v) is 25.6. The van der Waals surface area contributed by atoms with E-state index >= 15 is 0 Å². The van der Waals surface area contributed by atoms with Gasteiger partial charge in [0.25, 0.3) is 0 Å². The molecule has 0 bridgehead atoms. The van der Waals surface area contributed by atoms with E-state index in [0.29, 0.717) is 0 Å². The Morgan fingerprint density at radius 2 is 0.690 bits per heavy atom. The van der Waals surface area contributed by atoms with Crippen LogP contribution in [-0.4, -0.2) is 0 Å². The summed E-state index contributed by atoms with van der Waals surface area (Å²) in [7, 11) is 0. The molecule has 0 N–H and O–H groups in total. The molecule has 196 valence electrons. The van der Waals surface area contributed by atoms with Gasteiger partial charge in [-0.1, -0.05) is 141 Å². The normalized spacial score (nSPS) is 12.0. The van der Waals surface area contributed by atoms with Gasteiger partial charge in [-0.05, 0) is 112 Å². The lowest BCUT2D eigenvalue weighted by molar-refractivity contribution is 1.59. The second-order valence-electron chi connectivity index (χ2n) is 11.0. The summed E-state index contributed by atoms with van der Waals surface area (Å²) in [5.74, 6) is 0. The van der Waals surface area contributed by atoms with Gasteiger partial charge in [0.1, 0.15) is 0 Å². The highest BCUT2D eigenvalue weighted by Gasteiger charge is 2.32. The predicted octanol–water partition coefficient (Wildman–Crippen LogP) is 12.8. The number of benzene rings is 8. The molecular weight excluding hydrogens is 640 g/mol. The van der Waals surface area contributed by atoms with Crippen LogP contribution >= 0.6 is 31.9 Å². The van der Waals surface area contributed by atoms with Gasteiger partial charge in [0.05, 0.1) is 0 Å². The van der Waals surface area contributed by atoms with E-state index in [0.717, 1.165) is 8.95 Å². The Morgan fingerprint density at radius 3 is 1.14 bits per heavy atom. The fourth-order valence-electron chi connectivity index (χ4n) is 7.24. The molecule has 9 rings (SSSR count). The second kappa shape index (κ2) is 9.13. The predicted molar refractivity (Wildman–Crippen MR) is 187 cm³/mol. The first-order valence-electron chi connectivity index (χ1n) is 14.2. The molecule has 42 heavy (non-hydrogen) atoms. The molecule has 8 aromatic rings. The lowest BCUT2D eigenvalue weighted by atomic mass is 9.82. The molecule has 0 atom stereocenters. The Morgan fingerprint density at radius 1 is 0.310 bits per heavy atom. The van der Waals surface area contributed by atoms with Crippen molar-refractivity contribution in [1.29, 1.82) is 0 Å². The second-order valence-corrected chi connectivity index (χ2v) is 12.8. The van der Waals surface area contributed by atoms with E-state index in [9.17, 15) is 0 Å². The van der Waals surface area contributed by atoms with E-state index in [-0.39, 0.29) is 0 Å². The maximum atomic E-state index is 3.94. The van der Waals surface area contributed by atoms with Gasteiger partial charge in [-0.25, -0.2) is 0 Å². The fraction of sp³-hybridized carbons (Fsp3) is 0. The lowest BCUT2D eigenvalue weighted by Crippen LogP contribution is -1.94. The minimum Gasteiger partial charge on any atom is -0.0616 e. The van der Waals surface area contributed by atoms with Gasteiger partial charge < -0.3 is 0 Å². The summed E-state index contributed by atoms with van der Waals surface area (Å²) in [6, 6.07) is 48.9.